The van der Waals surface area contributed by atoms with E-state index in [1.54, 1.807) is 0 Å². The molecule has 0 fully saturated rings. The van der Waals surface area contributed by atoms with Crippen LogP contribution in [0.1, 0.15) is 374 Å². The van der Waals surface area contributed by atoms with Crippen molar-refractivity contribution in [2.75, 3.05) is 39.6 Å². The predicted molar refractivity (Wildman–Crippen MR) is 427 cm³/mol. The summed E-state index contributed by atoms with van der Waals surface area (Å²) in [4.78, 5) is 73.1. The van der Waals surface area contributed by atoms with Gasteiger partial charge < -0.3 is 33.8 Å². The lowest BCUT2D eigenvalue weighted by atomic mass is 10.0. The van der Waals surface area contributed by atoms with Crippen LogP contribution < -0.4 is 0 Å². The molecule has 0 aliphatic rings. The summed E-state index contributed by atoms with van der Waals surface area (Å²) in [5.41, 5.74) is 0. The second-order valence-electron chi connectivity index (χ2n) is 28.1. The maximum Gasteiger partial charge on any atom is 0.472 e. The first-order chi connectivity index (χ1) is 50.7. The summed E-state index contributed by atoms with van der Waals surface area (Å²) in [7, 11) is -9.97. The number of phosphoric acid groups is 2. The molecule has 0 aliphatic heterocycles. The molecule has 0 aromatic carbocycles. The molecule has 0 aliphatic carbocycles. The van der Waals surface area contributed by atoms with E-state index >= 15 is 0 Å². The van der Waals surface area contributed by atoms with Crippen molar-refractivity contribution in [2.45, 2.75) is 393 Å². The van der Waals surface area contributed by atoms with E-state index in [4.69, 9.17) is 37.0 Å². The van der Waals surface area contributed by atoms with Crippen LogP contribution in [-0.2, 0) is 65.4 Å². The molecular weight excluding hydrogens is 1350 g/mol. The fraction of sp³-hybridized carbons (Fsp3) is 0.788. The largest absolute Gasteiger partial charge is 0.472 e. The molecule has 604 valence electrons. The molecular formula is C85H152O17P2. The number of carbonyl (C=O) groups excluding carboxylic acids is 4. The van der Waals surface area contributed by atoms with E-state index in [2.05, 4.69) is 101 Å². The second-order valence-corrected chi connectivity index (χ2v) is 31.0. The normalized spacial score (nSPS) is 14.3. The van der Waals surface area contributed by atoms with Crippen LogP contribution in [0.5, 0.6) is 0 Å². The van der Waals surface area contributed by atoms with Crippen LogP contribution in [0.15, 0.2) is 85.1 Å². The summed E-state index contributed by atoms with van der Waals surface area (Å²) in [6.45, 7) is 4.80. The highest BCUT2D eigenvalue weighted by atomic mass is 31.2. The van der Waals surface area contributed by atoms with E-state index in [1.165, 1.54) is 154 Å². The number of carbonyl (C=O) groups is 4. The van der Waals surface area contributed by atoms with E-state index in [0.717, 1.165) is 135 Å². The number of aliphatic hydroxyl groups is 1. The molecule has 2 unspecified atom stereocenters. The number of unbranched alkanes of at least 4 members (excludes halogenated alkanes) is 39. The first-order valence-electron chi connectivity index (χ1n) is 41.8. The Morgan fingerprint density at radius 1 is 0.269 bits per heavy atom. The maximum atomic E-state index is 13.1. The lowest BCUT2D eigenvalue weighted by Gasteiger charge is -2.21. The van der Waals surface area contributed by atoms with Crippen molar-refractivity contribution in [1.82, 2.24) is 0 Å². The number of esters is 4. The van der Waals surface area contributed by atoms with E-state index in [1.807, 2.05) is 12.2 Å². The number of hydrogen-bond donors (Lipinski definition) is 3. The zero-order valence-corrected chi connectivity index (χ0v) is 68.0. The third-order valence-corrected chi connectivity index (χ3v) is 19.7. The van der Waals surface area contributed by atoms with Crippen LogP contribution in [0.2, 0.25) is 0 Å². The molecule has 0 aromatic heterocycles. The molecule has 3 N–H and O–H groups in total. The minimum atomic E-state index is -4.99. The molecule has 0 saturated heterocycles. The van der Waals surface area contributed by atoms with Gasteiger partial charge in [-0.3, -0.25) is 37.3 Å². The first kappa shape index (κ1) is 100. The monoisotopic (exact) mass is 1510 g/mol. The zero-order valence-electron chi connectivity index (χ0n) is 66.2. The van der Waals surface area contributed by atoms with Crippen molar-refractivity contribution in [3.05, 3.63) is 85.1 Å². The quantitative estimate of drug-likeness (QED) is 0.0169. The van der Waals surface area contributed by atoms with Gasteiger partial charge in [-0.15, -0.1) is 0 Å². The smallest absolute Gasteiger partial charge is 0.462 e. The van der Waals surface area contributed by atoms with Gasteiger partial charge in [-0.05, 0) is 122 Å². The summed E-state index contributed by atoms with van der Waals surface area (Å²) in [5, 5.41) is 10.7. The predicted octanol–water partition coefficient (Wildman–Crippen LogP) is 24.6. The van der Waals surface area contributed by atoms with Crippen molar-refractivity contribution in [3.8, 4) is 0 Å². The molecule has 0 radical (unpaired) electrons. The lowest BCUT2D eigenvalue weighted by Crippen LogP contribution is -2.30. The summed E-state index contributed by atoms with van der Waals surface area (Å²) >= 11 is 0. The molecule has 0 aromatic rings. The average molecular weight is 1510 g/mol. The number of rotatable bonds is 79. The Morgan fingerprint density at radius 2 is 0.481 bits per heavy atom. The molecule has 17 nitrogen and oxygen atoms in total. The van der Waals surface area contributed by atoms with Crippen molar-refractivity contribution in [1.29, 1.82) is 0 Å². The Bertz CT molecular complexity index is 2300. The summed E-state index contributed by atoms with van der Waals surface area (Å²) in [6, 6.07) is 0. The Labute approximate surface area is 634 Å². The van der Waals surface area contributed by atoms with Gasteiger partial charge in [0.25, 0.3) is 0 Å². The topological polar surface area (TPSA) is 237 Å². The highest BCUT2D eigenvalue weighted by Crippen LogP contribution is 2.45. The summed E-state index contributed by atoms with van der Waals surface area (Å²) in [6.07, 6.45) is 81.3. The van der Waals surface area contributed by atoms with Crippen molar-refractivity contribution in [3.63, 3.8) is 0 Å². The zero-order chi connectivity index (χ0) is 76.0. The summed E-state index contributed by atoms with van der Waals surface area (Å²) in [5.74, 6) is -2.24. The average Bonchev–Trinajstić information content (AvgIpc) is 0.907. The van der Waals surface area contributed by atoms with Gasteiger partial charge >= 0.3 is 39.5 Å². The highest BCUT2D eigenvalue weighted by molar-refractivity contribution is 7.47. The third-order valence-electron chi connectivity index (χ3n) is 17.8. The molecule has 104 heavy (non-hydrogen) atoms. The van der Waals surface area contributed by atoms with Crippen LogP contribution >= 0.6 is 15.6 Å². The van der Waals surface area contributed by atoms with Gasteiger partial charge in [-0.25, -0.2) is 9.13 Å². The molecule has 0 saturated carbocycles. The number of hydrogen-bond acceptors (Lipinski definition) is 15. The molecule has 19 heteroatoms. The fourth-order valence-corrected chi connectivity index (χ4v) is 13.0. The second kappa shape index (κ2) is 77.4. The van der Waals surface area contributed by atoms with Gasteiger partial charge in [0.1, 0.15) is 19.3 Å². The van der Waals surface area contributed by atoms with Gasteiger partial charge in [0, 0.05) is 25.7 Å². The Morgan fingerprint density at radius 3 is 0.788 bits per heavy atom. The third kappa shape index (κ3) is 76.4. The first-order valence-corrected chi connectivity index (χ1v) is 44.8. The van der Waals surface area contributed by atoms with Gasteiger partial charge in [0.05, 0.1) is 26.4 Å². The molecule has 0 heterocycles. The van der Waals surface area contributed by atoms with Crippen LogP contribution in [-0.4, -0.2) is 96.7 Å². The highest BCUT2D eigenvalue weighted by Gasteiger charge is 2.30. The maximum absolute atomic E-state index is 13.1. The van der Waals surface area contributed by atoms with Crippen LogP contribution in [0.25, 0.3) is 0 Å². The van der Waals surface area contributed by atoms with Crippen LogP contribution in [0, 0.1) is 0 Å². The Balaban J connectivity index is 5.40. The van der Waals surface area contributed by atoms with E-state index in [0.29, 0.717) is 32.1 Å². The number of ether oxygens (including phenoxy) is 4. The van der Waals surface area contributed by atoms with Crippen molar-refractivity contribution in [2.24, 2.45) is 0 Å². The summed E-state index contributed by atoms with van der Waals surface area (Å²) < 4.78 is 68.7. The van der Waals surface area contributed by atoms with Crippen LogP contribution in [0.4, 0.5) is 0 Å². The number of phosphoric ester groups is 2. The minimum Gasteiger partial charge on any atom is -0.462 e. The molecule has 5 atom stereocenters. The Kier molecular flexibility index (Phi) is 74.6. The lowest BCUT2D eigenvalue weighted by molar-refractivity contribution is -0.161. The van der Waals surface area contributed by atoms with E-state index < -0.39 is 97.5 Å². The van der Waals surface area contributed by atoms with Crippen molar-refractivity contribution < 1.29 is 80.2 Å². The van der Waals surface area contributed by atoms with Gasteiger partial charge in [-0.1, -0.05) is 312 Å². The van der Waals surface area contributed by atoms with Gasteiger partial charge in [0.2, 0.25) is 0 Å². The SMILES string of the molecule is CCCCC/C=C\C/C=C\C/C=C\C/C=C\CCCC(=O)O[C@H](COC(=O)CCCCCCC/C=C\C/C=C\CCCCC)COP(=O)(O)OC[C@H](O)COP(=O)(O)OC[C@@H](COC(=O)CCCCCCC/C=C\CCCCCCCC)OC(=O)CCCCCCCCCCCCCCCCCCC. The molecule has 0 spiro atoms. The number of allylic oxidation sites excluding steroid dienone is 14. The standard InChI is InChI=1S/C85H152O17P2/c1-5-9-13-17-21-25-29-33-37-39-43-47-51-55-59-63-67-71-84(89)101-80(75-95-82(87)69-65-61-57-53-49-45-41-35-31-27-23-19-15-11-7-3)77-99-103(91,92)97-73-79(86)74-98-104(93,94)100-78-81(76-96-83(88)70-66-62-58-54-50-46-42-36-32-28-24-20-16-12-8-4)102-85(90)72-68-64-60-56-52-48-44-40-38-34-30-26-22-18-14-10-6-2/h21,23,25,27,33,35-37,41-43,47,55,59,79-81,86H,5-20,22,24,26,28-32,34,38-40,44-46,48-54,56-58,60-78H2,1-4H3,(H,91,92)(H,93,94)/b25-21-,27-23-,37-33-,41-35-,42-36-,47-43-,59-55-/t79-,80+,81+/m0/s1. The van der Waals surface area contributed by atoms with E-state index in [9.17, 15) is 43.2 Å². The number of aliphatic hydroxyl groups excluding tert-OH is 1. The van der Waals surface area contributed by atoms with Crippen LogP contribution in [0.3, 0.4) is 0 Å². The fourth-order valence-electron chi connectivity index (χ4n) is 11.4. The minimum absolute atomic E-state index is 0.0174. The van der Waals surface area contributed by atoms with Gasteiger partial charge in [0.15, 0.2) is 12.2 Å². The van der Waals surface area contributed by atoms with Crippen molar-refractivity contribution >= 4 is 39.5 Å². The Hall–Kier alpha value is -3.76. The van der Waals surface area contributed by atoms with E-state index in [-0.39, 0.29) is 25.7 Å². The molecule has 0 amide bonds. The van der Waals surface area contributed by atoms with Gasteiger partial charge in [-0.2, -0.15) is 0 Å². The molecule has 0 bridgehead atoms. The molecule has 0 rings (SSSR count).